The van der Waals surface area contributed by atoms with E-state index >= 15 is 0 Å². The molecule has 3 heteroatoms. The molecule has 3 rings (SSSR count). The fourth-order valence-corrected chi connectivity index (χ4v) is 3.36. The van der Waals surface area contributed by atoms with Gasteiger partial charge in [-0.3, -0.25) is 0 Å². The third kappa shape index (κ3) is 1.57. The van der Waals surface area contributed by atoms with Gasteiger partial charge < -0.3 is 14.6 Å². The van der Waals surface area contributed by atoms with E-state index in [2.05, 4.69) is 13.0 Å². The van der Waals surface area contributed by atoms with E-state index in [0.717, 1.165) is 30.4 Å². The Kier molecular flexibility index (Phi) is 2.86. The van der Waals surface area contributed by atoms with E-state index in [1.165, 1.54) is 5.56 Å². The van der Waals surface area contributed by atoms with Crippen molar-refractivity contribution in [2.24, 2.45) is 5.92 Å². The number of fused-ring (bicyclic) bond motifs is 3. The van der Waals surface area contributed by atoms with Crippen LogP contribution in [0.5, 0.6) is 5.75 Å². The van der Waals surface area contributed by atoms with E-state index in [1.54, 1.807) is 0 Å². The van der Waals surface area contributed by atoms with Gasteiger partial charge in [-0.25, -0.2) is 0 Å². The van der Waals surface area contributed by atoms with Crippen LogP contribution < -0.4 is 4.74 Å². The maximum Gasteiger partial charge on any atom is 0.126 e. The van der Waals surface area contributed by atoms with Crippen molar-refractivity contribution in [3.63, 3.8) is 0 Å². The zero-order chi connectivity index (χ0) is 12.7. The molecular formula is C15H18O3. The molecular weight excluding hydrogens is 228 g/mol. The third-order valence-corrected chi connectivity index (χ3v) is 4.17. The molecule has 0 bridgehead atoms. The van der Waals surface area contributed by atoms with E-state index in [9.17, 15) is 9.90 Å². The Bertz CT molecular complexity index is 469. The Morgan fingerprint density at radius 1 is 1.50 bits per heavy atom. The van der Waals surface area contributed by atoms with E-state index in [1.807, 2.05) is 12.1 Å². The lowest BCUT2D eigenvalue weighted by atomic mass is 9.88. The monoisotopic (exact) mass is 246 g/mol. The fraction of sp³-hybridized carbons (Fsp3) is 0.533. The Morgan fingerprint density at radius 3 is 3.06 bits per heavy atom. The summed E-state index contributed by atoms with van der Waals surface area (Å²) < 4.78 is 6.00. The molecule has 0 saturated heterocycles. The largest absolute Gasteiger partial charge is 0.489 e. The Labute approximate surface area is 107 Å². The fourth-order valence-electron chi connectivity index (χ4n) is 3.36. The molecule has 3 nitrogen and oxygen atoms in total. The number of hydrogen-bond acceptors (Lipinski definition) is 3. The van der Waals surface area contributed by atoms with Crippen molar-refractivity contribution in [1.82, 2.24) is 0 Å². The topological polar surface area (TPSA) is 46.5 Å². The summed E-state index contributed by atoms with van der Waals surface area (Å²) >= 11 is 0. The van der Waals surface area contributed by atoms with Gasteiger partial charge in [-0.2, -0.15) is 0 Å². The lowest BCUT2D eigenvalue weighted by Gasteiger charge is -2.14. The summed E-state index contributed by atoms with van der Waals surface area (Å²) in [6, 6.07) is 6.16. The Morgan fingerprint density at radius 2 is 2.33 bits per heavy atom. The van der Waals surface area contributed by atoms with E-state index in [4.69, 9.17) is 4.74 Å². The molecule has 1 fully saturated rings. The maximum absolute atomic E-state index is 11.2. The third-order valence-electron chi connectivity index (χ3n) is 4.17. The number of hydrogen-bond donors (Lipinski definition) is 1. The number of aldehydes is 1. The van der Waals surface area contributed by atoms with Crippen molar-refractivity contribution in [3.8, 4) is 5.75 Å². The van der Waals surface area contributed by atoms with E-state index in [-0.39, 0.29) is 17.9 Å². The lowest BCUT2D eigenvalue weighted by molar-refractivity contribution is -0.113. The summed E-state index contributed by atoms with van der Waals surface area (Å²) in [7, 11) is 0. The number of carbonyl (C=O) groups is 1. The Balaban J connectivity index is 2.01. The summed E-state index contributed by atoms with van der Waals surface area (Å²) in [5, 5.41) is 9.88. The molecule has 1 aromatic carbocycles. The van der Waals surface area contributed by atoms with Gasteiger partial charge in [0.15, 0.2) is 0 Å². The highest BCUT2D eigenvalue weighted by atomic mass is 16.5. The predicted octanol–water partition coefficient (Wildman–Crippen LogP) is 2.06. The molecule has 0 radical (unpaired) electrons. The first-order chi connectivity index (χ1) is 8.76. The van der Waals surface area contributed by atoms with Gasteiger partial charge in [0.05, 0.1) is 12.0 Å². The number of aliphatic hydroxyl groups is 1. The zero-order valence-electron chi connectivity index (χ0n) is 10.5. The van der Waals surface area contributed by atoms with Gasteiger partial charge >= 0.3 is 0 Å². The second-order valence-corrected chi connectivity index (χ2v) is 5.28. The molecule has 1 saturated carbocycles. The highest BCUT2D eigenvalue weighted by Gasteiger charge is 2.49. The van der Waals surface area contributed by atoms with Gasteiger partial charge in [-0.05, 0) is 12.0 Å². The van der Waals surface area contributed by atoms with Gasteiger partial charge in [0.1, 0.15) is 18.1 Å². The van der Waals surface area contributed by atoms with Crippen molar-refractivity contribution < 1.29 is 14.6 Å². The zero-order valence-corrected chi connectivity index (χ0v) is 10.5. The molecule has 0 aromatic heterocycles. The van der Waals surface area contributed by atoms with Crippen molar-refractivity contribution in [3.05, 3.63) is 29.3 Å². The number of para-hydroxylation sites is 1. The van der Waals surface area contributed by atoms with Crippen LogP contribution in [-0.4, -0.2) is 23.6 Å². The average Bonchev–Trinajstić information content (AvgIpc) is 2.85. The summed E-state index contributed by atoms with van der Waals surface area (Å²) in [5.74, 6) is 0.700. The molecule has 0 spiro atoms. The molecule has 4 atom stereocenters. The molecule has 1 heterocycles. The van der Waals surface area contributed by atoms with Crippen LogP contribution in [0, 0.1) is 5.92 Å². The minimum Gasteiger partial charge on any atom is -0.489 e. The first kappa shape index (κ1) is 11.7. The molecule has 96 valence electrons. The number of aryl methyl sites for hydroxylation is 1. The van der Waals surface area contributed by atoms with Crippen LogP contribution in [-0.2, 0) is 11.2 Å². The van der Waals surface area contributed by atoms with Gasteiger partial charge in [0.2, 0.25) is 0 Å². The smallest absolute Gasteiger partial charge is 0.126 e. The quantitative estimate of drug-likeness (QED) is 0.830. The van der Waals surface area contributed by atoms with Gasteiger partial charge in [-0.1, -0.05) is 31.5 Å². The minimum atomic E-state index is -0.555. The molecule has 2 aliphatic rings. The number of rotatable bonds is 3. The second-order valence-electron chi connectivity index (χ2n) is 5.28. The van der Waals surface area contributed by atoms with Crippen molar-refractivity contribution >= 4 is 6.29 Å². The summed E-state index contributed by atoms with van der Waals surface area (Å²) in [6.45, 7) is 2.15. The normalized spacial score (nSPS) is 32.8. The molecule has 1 aliphatic carbocycles. The van der Waals surface area contributed by atoms with Crippen molar-refractivity contribution in [2.75, 3.05) is 0 Å². The first-order valence-electron chi connectivity index (χ1n) is 6.68. The number of carbonyl (C=O) groups excluding carboxylic acids is 1. The molecule has 1 aromatic rings. The number of ether oxygens (including phenoxy) is 1. The van der Waals surface area contributed by atoms with Gasteiger partial charge in [0, 0.05) is 17.9 Å². The van der Waals surface area contributed by atoms with Gasteiger partial charge in [-0.15, -0.1) is 0 Å². The summed E-state index contributed by atoms with van der Waals surface area (Å²) in [6.07, 6.45) is 2.95. The SMILES string of the molecule is CCCc1cccc2c1O[C@H]1C[C@@H](O)[C@H](C=O)[C@@H]21. The Hall–Kier alpha value is -1.35. The van der Waals surface area contributed by atoms with Crippen LogP contribution in [0.15, 0.2) is 18.2 Å². The van der Waals surface area contributed by atoms with Gasteiger partial charge in [0.25, 0.3) is 0 Å². The van der Waals surface area contributed by atoms with Crippen molar-refractivity contribution in [2.45, 2.75) is 44.3 Å². The summed E-state index contributed by atoms with van der Waals surface area (Å²) in [5.41, 5.74) is 2.34. The highest BCUT2D eigenvalue weighted by molar-refractivity contribution is 5.61. The maximum atomic E-state index is 11.2. The first-order valence-corrected chi connectivity index (χ1v) is 6.68. The molecule has 18 heavy (non-hydrogen) atoms. The van der Waals surface area contributed by atoms with E-state index in [0.29, 0.717) is 6.42 Å². The van der Waals surface area contributed by atoms with Crippen LogP contribution in [0.1, 0.15) is 36.8 Å². The van der Waals surface area contributed by atoms with Crippen LogP contribution in [0.3, 0.4) is 0 Å². The standard InChI is InChI=1S/C15H18O3/c1-2-4-9-5-3-6-10-14-11(8-16)12(17)7-13(14)18-15(9)10/h3,5-6,8,11-14,17H,2,4,7H2,1H3/t11-,12+,13-,14+/m0/s1. The predicted molar refractivity (Wildman–Crippen MR) is 67.8 cm³/mol. The van der Waals surface area contributed by atoms with Crippen LogP contribution in [0.4, 0.5) is 0 Å². The number of benzene rings is 1. The number of aliphatic hydroxyl groups excluding tert-OH is 1. The average molecular weight is 246 g/mol. The molecule has 0 unspecified atom stereocenters. The lowest BCUT2D eigenvalue weighted by Crippen LogP contribution is -2.19. The molecule has 1 N–H and O–H groups in total. The van der Waals surface area contributed by atoms with Crippen LogP contribution >= 0.6 is 0 Å². The molecule has 1 aliphatic heterocycles. The summed E-state index contributed by atoms with van der Waals surface area (Å²) in [4.78, 5) is 11.2. The minimum absolute atomic E-state index is 0.0248. The van der Waals surface area contributed by atoms with Crippen LogP contribution in [0.2, 0.25) is 0 Å². The second kappa shape index (κ2) is 4.39. The molecule has 0 amide bonds. The van der Waals surface area contributed by atoms with Crippen molar-refractivity contribution in [1.29, 1.82) is 0 Å². The highest BCUT2D eigenvalue weighted by Crippen LogP contribution is 2.50. The van der Waals surface area contributed by atoms with Crippen LogP contribution in [0.25, 0.3) is 0 Å². The van der Waals surface area contributed by atoms with E-state index < -0.39 is 6.10 Å².